The highest BCUT2D eigenvalue weighted by molar-refractivity contribution is 9.10. The van der Waals surface area contributed by atoms with E-state index in [-0.39, 0.29) is 11.7 Å². The van der Waals surface area contributed by atoms with Crippen LogP contribution in [0.1, 0.15) is 50.5 Å². The number of rotatable bonds is 5. The van der Waals surface area contributed by atoms with Crippen molar-refractivity contribution in [3.8, 4) is 0 Å². The number of amides is 1. The third-order valence-corrected chi connectivity index (χ3v) is 9.17. The number of nitrogens with zero attached hydrogens (tertiary/aromatic N) is 2. The van der Waals surface area contributed by atoms with E-state index in [0.717, 1.165) is 28.7 Å². The van der Waals surface area contributed by atoms with Crippen LogP contribution >= 0.6 is 15.9 Å². The summed E-state index contributed by atoms with van der Waals surface area (Å²) in [4.78, 5) is 17.5. The van der Waals surface area contributed by atoms with Crippen molar-refractivity contribution in [1.82, 2.24) is 9.62 Å². The summed E-state index contributed by atoms with van der Waals surface area (Å²) >= 11 is 3.48. The molecule has 4 rings (SSSR count). The highest BCUT2D eigenvalue weighted by Gasteiger charge is 2.48. The van der Waals surface area contributed by atoms with Crippen LogP contribution in [-0.2, 0) is 21.2 Å². The molecule has 0 bridgehead atoms. The van der Waals surface area contributed by atoms with Crippen molar-refractivity contribution in [2.45, 2.75) is 56.9 Å². The summed E-state index contributed by atoms with van der Waals surface area (Å²) in [6.45, 7) is 0.709. The Morgan fingerprint density at radius 1 is 1.14 bits per heavy atom. The predicted octanol–water partition coefficient (Wildman–Crippen LogP) is 3.26. The average molecular weight is 482 g/mol. The van der Waals surface area contributed by atoms with Crippen LogP contribution in [0.2, 0.25) is 0 Å². The van der Waals surface area contributed by atoms with Crippen molar-refractivity contribution < 1.29 is 13.2 Å². The van der Waals surface area contributed by atoms with Crippen LogP contribution in [0.3, 0.4) is 0 Å². The fourth-order valence-electron chi connectivity index (χ4n) is 4.65. The number of piperidine rings is 1. The predicted molar refractivity (Wildman–Crippen MR) is 117 cm³/mol. The van der Waals surface area contributed by atoms with Gasteiger partial charge in [-0.05, 0) is 43.7 Å². The molecule has 1 spiro atoms. The maximum absolute atomic E-state index is 12.8. The van der Waals surface area contributed by atoms with Gasteiger partial charge in [0, 0.05) is 23.5 Å². The van der Waals surface area contributed by atoms with Gasteiger partial charge in [0.1, 0.15) is 11.4 Å². The van der Waals surface area contributed by atoms with Crippen LogP contribution in [-0.4, -0.2) is 48.8 Å². The van der Waals surface area contributed by atoms with Gasteiger partial charge in [0.05, 0.1) is 5.75 Å². The van der Waals surface area contributed by atoms with E-state index in [4.69, 9.17) is 4.99 Å². The van der Waals surface area contributed by atoms with Gasteiger partial charge in [0.2, 0.25) is 10.0 Å². The van der Waals surface area contributed by atoms with E-state index in [0.29, 0.717) is 38.3 Å². The number of aryl methyl sites for hydroxylation is 1. The summed E-state index contributed by atoms with van der Waals surface area (Å²) in [6, 6.07) is 7.70. The maximum atomic E-state index is 12.8. The molecule has 2 heterocycles. The molecular weight excluding hydrogens is 454 g/mol. The third-order valence-electron chi connectivity index (χ3n) is 6.52. The topological polar surface area (TPSA) is 78.8 Å². The molecule has 1 saturated heterocycles. The molecule has 2 aliphatic heterocycles. The van der Waals surface area contributed by atoms with Crippen LogP contribution in [0.25, 0.3) is 0 Å². The number of aliphatic imine (C=N–C) groups is 1. The largest absolute Gasteiger partial charge is 0.312 e. The van der Waals surface area contributed by atoms with Gasteiger partial charge in [-0.15, -0.1) is 0 Å². The summed E-state index contributed by atoms with van der Waals surface area (Å²) in [5.74, 6) is 1.24. The molecule has 29 heavy (non-hydrogen) atoms. The first-order chi connectivity index (χ1) is 13.9. The number of carbonyl (C=O) groups is 1. The number of hydrogen-bond donors (Lipinski definition) is 1. The van der Waals surface area contributed by atoms with Gasteiger partial charge in [0.15, 0.2) is 0 Å². The fraction of sp³-hybridized carbons (Fsp3) is 0.619. The zero-order valence-electron chi connectivity index (χ0n) is 16.6. The second-order valence-electron chi connectivity index (χ2n) is 8.37. The Labute approximate surface area is 181 Å². The standard InChI is InChI=1S/C21H28BrN3O3S/c22-18-9-5-4-6-16(18)10-15-29(27,28)25-13-11-21(12-14-25)20(26)23-19(24-21)17-7-2-1-3-8-17/h4-6,9,17H,1-3,7-8,10-15H2,(H,23,24,26). The van der Waals surface area contributed by atoms with Gasteiger partial charge in [-0.1, -0.05) is 53.4 Å². The van der Waals surface area contributed by atoms with E-state index in [2.05, 4.69) is 21.2 Å². The lowest BCUT2D eigenvalue weighted by atomic mass is 9.88. The molecule has 6 nitrogen and oxygen atoms in total. The molecule has 1 N–H and O–H groups in total. The van der Waals surface area contributed by atoms with E-state index in [1.165, 1.54) is 23.6 Å². The van der Waals surface area contributed by atoms with Gasteiger partial charge >= 0.3 is 0 Å². The first-order valence-corrected chi connectivity index (χ1v) is 12.9. The Morgan fingerprint density at radius 2 is 1.83 bits per heavy atom. The van der Waals surface area contributed by atoms with Gasteiger partial charge in [-0.25, -0.2) is 12.7 Å². The summed E-state index contributed by atoms with van der Waals surface area (Å²) in [5, 5.41) is 3.03. The monoisotopic (exact) mass is 481 g/mol. The number of halogens is 1. The van der Waals surface area contributed by atoms with E-state index in [1.54, 1.807) is 0 Å². The Balaban J connectivity index is 1.38. The quantitative estimate of drug-likeness (QED) is 0.700. The molecule has 0 unspecified atom stereocenters. The van der Waals surface area contributed by atoms with Gasteiger partial charge in [-0.2, -0.15) is 0 Å². The number of nitrogens with one attached hydrogen (secondary N) is 1. The third kappa shape index (κ3) is 4.44. The Kier molecular flexibility index (Phi) is 6.14. The van der Waals surface area contributed by atoms with Crippen molar-refractivity contribution >= 4 is 37.7 Å². The number of amidine groups is 1. The lowest BCUT2D eigenvalue weighted by Crippen LogP contribution is -2.51. The molecule has 158 valence electrons. The molecule has 1 aromatic rings. The number of sulfonamides is 1. The molecule has 8 heteroatoms. The van der Waals surface area contributed by atoms with Crippen molar-refractivity contribution in [3.63, 3.8) is 0 Å². The molecule has 1 saturated carbocycles. The SMILES string of the molecule is O=C1NC(C2CCCCC2)=NC12CCN(S(=O)(=O)CCc1ccccc1Br)CC2. The van der Waals surface area contributed by atoms with Crippen LogP contribution in [0, 0.1) is 5.92 Å². The van der Waals surface area contributed by atoms with Crippen molar-refractivity contribution in [2.24, 2.45) is 10.9 Å². The molecule has 1 aromatic carbocycles. The van der Waals surface area contributed by atoms with Gasteiger partial charge in [0.25, 0.3) is 5.91 Å². The van der Waals surface area contributed by atoms with E-state index in [1.807, 2.05) is 24.3 Å². The summed E-state index contributed by atoms with van der Waals surface area (Å²) < 4.78 is 28.2. The molecular formula is C21H28BrN3O3S. The average Bonchev–Trinajstić information content (AvgIpc) is 3.04. The van der Waals surface area contributed by atoms with Crippen molar-refractivity contribution in [3.05, 3.63) is 34.3 Å². The second-order valence-corrected chi connectivity index (χ2v) is 11.3. The minimum Gasteiger partial charge on any atom is -0.312 e. The van der Waals surface area contributed by atoms with E-state index in [9.17, 15) is 13.2 Å². The molecule has 0 aromatic heterocycles. The minimum absolute atomic E-state index is 0.0386. The lowest BCUT2D eigenvalue weighted by molar-refractivity contribution is -0.125. The minimum atomic E-state index is -3.36. The fourth-order valence-corrected chi connectivity index (χ4v) is 6.61. The molecule has 0 radical (unpaired) electrons. The maximum Gasteiger partial charge on any atom is 0.253 e. The highest BCUT2D eigenvalue weighted by Crippen LogP contribution is 2.34. The molecule has 1 aliphatic carbocycles. The number of carbonyl (C=O) groups excluding carboxylic acids is 1. The first-order valence-electron chi connectivity index (χ1n) is 10.5. The van der Waals surface area contributed by atoms with Crippen LogP contribution < -0.4 is 5.32 Å². The van der Waals surface area contributed by atoms with E-state index < -0.39 is 15.6 Å². The van der Waals surface area contributed by atoms with Gasteiger partial charge < -0.3 is 5.32 Å². The zero-order chi connectivity index (χ0) is 20.5. The summed E-state index contributed by atoms with van der Waals surface area (Å²) in [6.07, 6.45) is 7.21. The Bertz CT molecular complexity index is 902. The van der Waals surface area contributed by atoms with Crippen LogP contribution in [0.5, 0.6) is 0 Å². The lowest BCUT2D eigenvalue weighted by Gasteiger charge is -2.34. The zero-order valence-corrected chi connectivity index (χ0v) is 19.0. The summed E-state index contributed by atoms with van der Waals surface area (Å²) in [5.41, 5.74) is 0.225. The molecule has 2 fully saturated rings. The van der Waals surface area contributed by atoms with E-state index >= 15 is 0 Å². The summed E-state index contributed by atoms with van der Waals surface area (Å²) in [7, 11) is -3.36. The highest BCUT2D eigenvalue weighted by atomic mass is 79.9. The Hall–Kier alpha value is -1.25. The molecule has 0 atom stereocenters. The van der Waals surface area contributed by atoms with Gasteiger partial charge in [-0.3, -0.25) is 9.79 Å². The first kappa shape index (κ1) is 21.0. The Morgan fingerprint density at radius 3 is 2.52 bits per heavy atom. The van der Waals surface area contributed by atoms with Crippen molar-refractivity contribution in [1.29, 1.82) is 0 Å². The number of hydrogen-bond acceptors (Lipinski definition) is 4. The normalized spacial score (nSPS) is 23.2. The molecule has 1 amide bonds. The number of benzene rings is 1. The molecule has 3 aliphatic rings. The van der Waals surface area contributed by atoms with Crippen molar-refractivity contribution in [2.75, 3.05) is 18.8 Å². The second kappa shape index (κ2) is 8.47. The van der Waals surface area contributed by atoms with Crippen LogP contribution in [0.15, 0.2) is 33.7 Å². The smallest absolute Gasteiger partial charge is 0.253 e. The van der Waals surface area contributed by atoms with Crippen LogP contribution in [0.4, 0.5) is 0 Å².